The van der Waals surface area contributed by atoms with E-state index in [9.17, 15) is 4.39 Å². The fourth-order valence-corrected chi connectivity index (χ4v) is 4.26. The Hall–Kier alpha value is -2.71. The van der Waals surface area contributed by atoms with Crippen molar-refractivity contribution in [2.45, 2.75) is 36.4 Å². The molecule has 0 amide bonds. The first-order valence-corrected chi connectivity index (χ1v) is 10.5. The lowest BCUT2D eigenvalue weighted by atomic mass is 10.2. The smallest absolute Gasteiger partial charge is 0.205 e. The summed E-state index contributed by atoms with van der Waals surface area (Å²) in [6, 6.07) is 14.0. The predicted octanol–water partition coefficient (Wildman–Crippen LogP) is 4.70. The molecule has 5 rings (SSSR count). The van der Waals surface area contributed by atoms with Gasteiger partial charge < -0.3 is 9.15 Å². The minimum absolute atomic E-state index is 0.133. The molecule has 1 unspecified atom stereocenters. The number of nitrogens with zero attached hydrogens (tertiary/aromatic N) is 4. The number of para-hydroxylation sites is 2. The Morgan fingerprint density at radius 2 is 1.97 bits per heavy atom. The average Bonchev–Trinajstić information content (AvgIpc) is 3.47. The van der Waals surface area contributed by atoms with E-state index in [0.29, 0.717) is 24.0 Å². The van der Waals surface area contributed by atoms with Crippen molar-refractivity contribution in [1.82, 2.24) is 19.7 Å². The van der Waals surface area contributed by atoms with Gasteiger partial charge in [0.05, 0.1) is 18.4 Å². The van der Waals surface area contributed by atoms with Crippen molar-refractivity contribution >= 4 is 22.9 Å². The molecule has 29 heavy (non-hydrogen) atoms. The molecule has 1 saturated heterocycles. The van der Waals surface area contributed by atoms with Crippen LogP contribution in [0.2, 0.25) is 0 Å². The summed E-state index contributed by atoms with van der Waals surface area (Å²) < 4.78 is 27.0. The van der Waals surface area contributed by atoms with Crippen LogP contribution in [0.5, 0.6) is 0 Å². The van der Waals surface area contributed by atoms with Gasteiger partial charge in [-0.2, -0.15) is 0 Å². The summed E-state index contributed by atoms with van der Waals surface area (Å²) in [6.45, 7) is 1.44. The molecule has 1 aliphatic heterocycles. The van der Waals surface area contributed by atoms with Gasteiger partial charge in [0, 0.05) is 12.2 Å². The lowest BCUT2D eigenvalue weighted by Gasteiger charge is -2.14. The van der Waals surface area contributed by atoms with Crippen LogP contribution in [-0.2, 0) is 17.0 Å². The van der Waals surface area contributed by atoms with Crippen LogP contribution in [0, 0.1) is 5.82 Å². The SMILES string of the molecule is Fc1ccc(-c2nnc(SCc3nc4ccccc4o3)n2CC2CCCO2)cc1. The van der Waals surface area contributed by atoms with E-state index in [1.807, 2.05) is 24.3 Å². The zero-order chi connectivity index (χ0) is 19.6. The first-order chi connectivity index (χ1) is 14.3. The van der Waals surface area contributed by atoms with E-state index < -0.39 is 0 Å². The van der Waals surface area contributed by atoms with E-state index in [1.165, 1.54) is 23.9 Å². The normalized spacial score (nSPS) is 16.7. The standard InChI is InChI=1S/C21H19FN4O2S/c22-15-9-7-14(8-10-15)20-24-25-21(26(20)12-16-4-3-11-27-16)29-13-19-23-17-5-1-2-6-18(17)28-19/h1-2,5-10,16H,3-4,11-13H2. The molecule has 1 fully saturated rings. The Bertz CT molecular complexity index is 1090. The number of aromatic nitrogens is 4. The summed E-state index contributed by atoms with van der Waals surface area (Å²) in [5.74, 6) is 1.62. The number of oxazole rings is 1. The minimum atomic E-state index is -0.274. The Labute approximate surface area is 171 Å². The topological polar surface area (TPSA) is 66.0 Å². The van der Waals surface area contributed by atoms with E-state index in [2.05, 4.69) is 19.7 Å². The van der Waals surface area contributed by atoms with E-state index in [4.69, 9.17) is 9.15 Å². The van der Waals surface area contributed by atoms with E-state index in [0.717, 1.165) is 41.3 Å². The first kappa shape index (κ1) is 18.3. The maximum absolute atomic E-state index is 13.3. The third-order valence-corrected chi connectivity index (χ3v) is 5.84. The van der Waals surface area contributed by atoms with Gasteiger partial charge in [-0.25, -0.2) is 9.37 Å². The van der Waals surface area contributed by atoms with Crippen LogP contribution in [0.3, 0.4) is 0 Å². The van der Waals surface area contributed by atoms with Crippen molar-refractivity contribution in [3.63, 3.8) is 0 Å². The molecular formula is C21H19FN4O2S. The Kier molecular flexibility index (Phi) is 5.03. The Morgan fingerprint density at radius 1 is 1.10 bits per heavy atom. The molecule has 2 aromatic heterocycles. The third kappa shape index (κ3) is 3.90. The zero-order valence-corrected chi connectivity index (χ0v) is 16.4. The molecule has 3 heterocycles. The molecule has 0 radical (unpaired) electrons. The summed E-state index contributed by atoms with van der Waals surface area (Å²) in [6.07, 6.45) is 2.20. The van der Waals surface area contributed by atoms with Crippen LogP contribution in [0.4, 0.5) is 4.39 Å². The molecule has 0 aliphatic carbocycles. The summed E-state index contributed by atoms with van der Waals surface area (Å²) in [5.41, 5.74) is 2.44. The fraction of sp³-hybridized carbons (Fsp3) is 0.286. The van der Waals surface area contributed by atoms with Crippen LogP contribution >= 0.6 is 11.8 Å². The van der Waals surface area contributed by atoms with E-state index >= 15 is 0 Å². The van der Waals surface area contributed by atoms with E-state index in [1.54, 1.807) is 12.1 Å². The summed E-state index contributed by atoms with van der Waals surface area (Å²) >= 11 is 1.52. The molecule has 0 N–H and O–H groups in total. The number of hydrogen-bond donors (Lipinski definition) is 0. The van der Waals surface area contributed by atoms with Crippen molar-refractivity contribution in [2.75, 3.05) is 6.61 Å². The van der Waals surface area contributed by atoms with Crippen LogP contribution in [0.25, 0.3) is 22.5 Å². The lowest BCUT2D eigenvalue weighted by Crippen LogP contribution is -2.16. The van der Waals surface area contributed by atoms with Gasteiger partial charge in [0.2, 0.25) is 5.89 Å². The molecule has 1 aliphatic rings. The largest absolute Gasteiger partial charge is 0.440 e. The van der Waals surface area contributed by atoms with Crippen LogP contribution in [0.1, 0.15) is 18.7 Å². The predicted molar refractivity (Wildman–Crippen MR) is 108 cm³/mol. The van der Waals surface area contributed by atoms with Gasteiger partial charge in [-0.3, -0.25) is 4.57 Å². The number of thioether (sulfide) groups is 1. The quantitative estimate of drug-likeness (QED) is 0.430. The number of rotatable bonds is 6. The Morgan fingerprint density at radius 3 is 2.76 bits per heavy atom. The molecule has 8 heteroatoms. The van der Waals surface area contributed by atoms with Gasteiger partial charge >= 0.3 is 0 Å². The summed E-state index contributed by atoms with van der Waals surface area (Å²) in [5, 5.41) is 9.53. The van der Waals surface area contributed by atoms with Crippen molar-refractivity contribution in [2.24, 2.45) is 0 Å². The number of fused-ring (bicyclic) bond motifs is 1. The maximum atomic E-state index is 13.3. The van der Waals surface area contributed by atoms with Crippen LogP contribution in [0.15, 0.2) is 58.1 Å². The number of hydrogen-bond acceptors (Lipinski definition) is 6. The van der Waals surface area contributed by atoms with Gasteiger partial charge in [0.1, 0.15) is 11.3 Å². The number of halogens is 1. The molecule has 2 aromatic carbocycles. The molecule has 6 nitrogen and oxygen atoms in total. The average molecular weight is 410 g/mol. The second kappa shape index (κ2) is 7.96. The van der Waals surface area contributed by atoms with Gasteiger partial charge in [0.15, 0.2) is 16.6 Å². The summed E-state index contributed by atoms with van der Waals surface area (Å²) in [7, 11) is 0. The highest BCUT2D eigenvalue weighted by Crippen LogP contribution is 2.29. The van der Waals surface area contributed by atoms with Crippen molar-refractivity contribution in [1.29, 1.82) is 0 Å². The Balaban J connectivity index is 1.42. The van der Waals surface area contributed by atoms with Gasteiger partial charge in [-0.15, -0.1) is 10.2 Å². The number of benzene rings is 2. The highest BCUT2D eigenvalue weighted by molar-refractivity contribution is 7.98. The first-order valence-electron chi connectivity index (χ1n) is 9.54. The molecule has 4 aromatic rings. The monoisotopic (exact) mass is 410 g/mol. The lowest BCUT2D eigenvalue weighted by molar-refractivity contribution is 0.0953. The van der Waals surface area contributed by atoms with Crippen molar-refractivity contribution in [3.05, 3.63) is 60.2 Å². The summed E-state index contributed by atoms with van der Waals surface area (Å²) in [4.78, 5) is 4.52. The van der Waals surface area contributed by atoms with Gasteiger partial charge in [-0.05, 0) is 49.2 Å². The minimum Gasteiger partial charge on any atom is -0.440 e. The van der Waals surface area contributed by atoms with E-state index in [-0.39, 0.29) is 11.9 Å². The molecule has 0 bridgehead atoms. The highest BCUT2D eigenvalue weighted by Gasteiger charge is 2.22. The van der Waals surface area contributed by atoms with Gasteiger partial charge in [-0.1, -0.05) is 23.9 Å². The van der Waals surface area contributed by atoms with Crippen LogP contribution in [-0.4, -0.2) is 32.5 Å². The van der Waals surface area contributed by atoms with Crippen molar-refractivity contribution in [3.8, 4) is 11.4 Å². The number of ether oxygens (including phenoxy) is 1. The molecular weight excluding hydrogens is 391 g/mol. The van der Waals surface area contributed by atoms with Gasteiger partial charge in [0.25, 0.3) is 0 Å². The van der Waals surface area contributed by atoms with Crippen LogP contribution < -0.4 is 0 Å². The fourth-order valence-electron chi connectivity index (χ4n) is 3.47. The third-order valence-electron chi connectivity index (χ3n) is 4.89. The highest BCUT2D eigenvalue weighted by atomic mass is 32.2. The molecule has 0 spiro atoms. The maximum Gasteiger partial charge on any atom is 0.205 e. The molecule has 148 valence electrons. The second-order valence-electron chi connectivity index (χ2n) is 6.92. The van der Waals surface area contributed by atoms with Crippen molar-refractivity contribution < 1.29 is 13.5 Å². The molecule has 0 saturated carbocycles. The second-order valence-corrected chi connectivity index (χ2v) is 7.87. The molecule has 1 atom stereocenters. The zero-order valence-electron chi connectivity index (χ0n) is 15.6.